The highest BCUT2D eigenvalue weighted by molar-refractivity contribution is 7.17. The van der Waals surface area contributed by atoms with Gasteiger partial charge in [0.05, 0.1) is 10.2 Å². The molecule has 2 aromatic carbocycles. The summed E-state index contributed by atoms with van der Waals surface area (Å²) in [5.41, 5.74) is 5.17. The lowest BCUT2D eigenvalue weighted by atomic mass is 10.1. The summed E-state index contributed by atoms with van der Waals surface area (Å²) in [6.45, 7) is 1.96. The monoisotopic (exact) mass is 398 g/mol. The molecule has 5 rings (SSSR count). The van der Waals surface area contributed by atoms with Gasteiger partial charge < -0.3 is 10.6 Å². The van der Waals surface area contributed by atoms with Crippen LogP contribution in [0.1, 0.15) is 5.69 Å². The summed E-state index contributed by atoms with van der Waals surface area (Å²) in [6, 6.07) is 22.5. The van der Waals surface area contributed by atoms with Crippen LogP contribution in [0.5, 0.6) is 0 Å². The quantitative estimate of drug-likeness (QED) is 0.345. The minimum absolute atomic E-state index is 0.540. The highest BCUT2D eigenvalue weighted by atomic mass is 32.1. The molecule has 29 heavy (non-hydrogen) atoms. The largest absolute Gasteiger partial charge is 0.324 e. The molecule has 0 saturated heterocycles. The summed E-state index contributed by atoms with van der Waals surface area (Å²) in [4.78, 5) is 9.32. The molecular weight excluding hydrogens is 380 g/mol. The minimum atomic E-state index is 0.540. The maximum atomic E-state index is 4.68. The van der Waals surface area contributed by atoms with Crippen LogP contribution in [0.25, 0.3) is 21.3 Å². The summed E-state index contributed by atoms with van der Waals surface area (Å²) in [6.07, 6.45) is 0. The Labute approximate surface area is 171 Å². The molecule has 0 unspecified atom stereocenters. The number of aromatic amines is 1. The average Bonchev–Trinajstić information content (AvgIpc) is 3.38. The SMILES string of the molecule is Cc1cc(Nc2nc(Nc3ccc(-c4ccccc4)cc3)nc3ccsc23)n[nH]1. The van der Waals surface area contributed by atoms with Gasteiger partial charge in [-0.1, -0.05) is 42.5 Å². The fourth-order valence-corrected chi connectivity index (χ4v) is 3.89. The molecule has 0 fully saturated rings. The average molecular weight is 398 g/mol. The van der Waals surface area contributed by atoms with Crippen molar-refractivity contribution in [2.24, 2.45) is 0 Å². The maximum absolute atomic E-state index is 4.68. The summed E-state index contributed by atoms with van der Waals surface area (Å²) < 4.78 is 0.996. The zero-order chi connectivity index (χ0) is 19.6. The number of fused-ring (bicyclic) bond motifs is 1. The Morgan fingerprint density at radius 2 is 1.66 bits per heavy atom. The van der Waals surface area contributed by atoms with E-state index in [0.29, 0.717) is 5.95 Å². The van der Waals surface area contributed by atoms with Crippen molar-refractivity contribution >= 4 is 44.8 Å². The smallest absolute Gasteiger partial charge is 0.229 e. The molecule has 6 nitrogen and oxygen atoms in total. The number of nitrogens with zero attached hydrogens (tertiary/aromatic N) is 3. The fourth-order valence-electron chi connectivity index (χ4n) is 3.11. The van der Waals surface area contributed by atoms with Crippen molar-refractivity contribution in [3.63, 3.8) is 0 Å². The van der Waals surface area contributed by atoms with Crippen LogP contribution in [0.2, 0.25) is 0 Å². The van der Waals surface area contributed by atoms with E-state index in [2.05, 4.69) is 55.1 Å². The van der Waals surface area contributed by atoms with Gasteiger partial charge in [-0.25, -0.2) is 4.98 Å². The first kappa shape index (κ1) is 17.4. The van der Waals surface area contributed by atoms with E-state index in [1.807, 2.05) is 54.8 Å². The third-order valence-corrected chi connectivity index (χ3v) is 5.41. The Morgan fingerprint density at radius 1 is 0.862 bits per heavy atom. The molecule has 0 atom stereocenters. The van der Waals surface area contributed by atoms with Crippen LogP contribution in [0.3, 0.4) is 0 Å². The second-order valence-corrected chi connectivity index (χ2v) is 7.58. The summed E-state index contributed by atoms with van der Waals surface area (Å²) in [7, 11) is 0. The zero-order valence-electron chi connectivity index (χ0n) is 15.7. The van der Waals surface area contributed by atoms with Gasteiger partial charge in [0.1, 0.15) is 0 Å². The first-order chi connectivity index (χ1) is 14.2. The molecule has 0 amide bonds. The Morgan fingerprint density at radius 3 is 2.41 bits per heavy atom. The Hall–Kier alpha value is -3.71. The van der Waals surface area contributed by atoms with Crippen molar-refractivity contribution in [2.45, 2.75) is 6.92 Å². The summed E-state index contributed by atoms with van der Waals surface area (Å²) in [5, 5.41) is 15.8. The Kier molecular flexibility index (Phi) is 4.42. The summed E-state index contributed by atoms with van der Waals surface area (Å²) in [5.74, 6) is 2.01. The van der Waals surface area contributed by atoms with Gasteiger partial charge in [0.15, 0.2) is 11.6 Å². The van der Waals surface area contributed by atoms with Gasteiger partial charge in [0.25, 0.3) is 0 Å². The van der Waals surface area contributed by atoms with Gasteiger partial charge in [0.2, 0.25) is 5.95 Å². The normalized spacial score (nSPS) is 10.9. The van der Waals surface area contributed by atoms with Gasteiger partial charge in [-0.2, -0.15) is 10.1 Å². The van der Waals surface area contributed by atoms with Gasteiger partial charge in [0, 0.05) is 17.4 Å². The van der Waals surface area contributed by atoms with Crippen LogP contribution in [0.15, 0.2) is 72.1 Å². The van der Waals surface area contributed by atoms with Gasteiger partial charge in [-0.05, 0) is 41.6 Å². The molecular formula is C22H18N6S. The first-order valence-corrected chi connectivity index (χ1v) is 10.1. The van der Waals surface area contributed by atoms with Crippen molar-refractivity contribution in [3.05, 3.63) is 77.8 Å². The van der Waals surface area contributed by atoms with Crippen LogP contribution >= 0.6 is 11.3 Å². The Bertz CT molecular complexity index is 1260. The Balaban J connectivity index is 1.43. The number of hydrogen-bond acceptors (Lipinski definition) is 6. The molecule has 0 bridgehead atoms. The molecule has 0 aliphatic heterocycles. The van der Waals surface area contributed by atoms with Crippen LogP contribution in [-0.4, -0.2) is 20.2 Å². The van der Waals surface area contributed by atoms with E-state index < -0.39 is 0 Å². The van der Waals surface area contributed by atoms with E-state index in [9.17, 15) is 0 Å². The first-order valence-electron chi connectivity index (χ1n) is 9.21. The predicted octanol–water partition coefficient (Wildman–Crippen LogP) is 5.88. The third-order valence-electron chi connectivity index (χ3n) is 4.50. The number of nitrogens with one attached hydrogen (secondary N) is 3. The van der Waals surface area contributed by atoms with Crippen molar-refractivity contribution in [2.75, 3.05) is 10.6 Å². The van der Waals surface area contributed by atoms with E-state index in [-0.39, 0.29) is 0 Å². The topological polar surface area (TPSA) is 78.5 Å². The van der Waals surface area contributed by atoms with Gasteiger partial charge >= 0.3 is 0 Å². The van der Waals surface area contributed by atoms with Gasteiger partial charge in [-0.15, -0.1) is 11.3 Å². The second kappa shape index (κ2) is 7.37. The molecule has 0 aliphatic rings. The summed E-state index contributed by atoms with van der Waals surface area (Å²) >= 11 is 1.60. The predicted molar refractivity (Wildman–Crippen MR) is 119 cm³/mol. The highest BCUT2D eigenvalue weighted by Crippen LogP contribution is 2.30. The van der Waals surface area contributed by atoms with Crippen molar-refractivity contribution in [3.8, 4) is 11.1 Å². The lowest BCUT2D eigenvalue weighted by Crippen LogP contribution is -2.01. The van der Waals surface area contributed by atoms with Crippen molar-refractivity contribution in [1.82, 2.24) is 20.2 Å². The lowest BCUT2D eigenvalue weighted by Gasteiger charge is -2.09. The van der Waals surface area contributed by atoms with E-state index in [1.165, 1.54) is 11.1 Å². The van der Waals surface area contributed by atoms with E-state index in [1.54, 1.807) is 11.3 Å². The van der Waals surface area contributed by atoms with Crippen LogP contribution < -0.4 is 10.6 Å². The number of thiophene rings is 1. The number of rotatable bonds is 5. The van der Waals surface area contributed by atoms with E-state index in [4.69, 9.17) is 0 Å². The maximum Gasteiger partial charge on any atom is 0.229 e. The molecule has 0 spiro atoms. The van der Waals surface area contributed by atoms with E-state index >= 15 is 0 Å². The molecule has 3 aromatic heterocycles. The zero-order valence-corrected chi connectivity index (χ0v) is 16.5. The molecule has 3 N–H and O–H groups in total. The molecule has 3 heterocycles. The van der Waals surface area contributed by atoms with E-state index in [0.717, 1.165) is 33.2 Å². The van der Waals surface area contributed by atoms with Crippen molar-refractivity contribution < 1.29 is 0 Å². The van der Waals surface area contributed by atoms with Crippen LogP contribution in [0.4, 0.5) is 23.3 Å². The number of aryl methyl sites for hydroxylation is 1. The molecule has 7 heteroatoms. The molecule has 0 saturated carbocycles. The second-order valence-electron chi connectivity index (χ2n) is 6.66. The molecule has 0 radical (unpaired) electrons. The lowest BCUT2D eigenvalue weighted by molar-refractivity contribution is 1.05. The number of hydrogen-bond donors (Lipinski definition) is 3. The molecule has 5 aromatic rings. The molecule has 142 valence electrons. The van der Waals surface area contributed by atoms with Gasteiger partial charge in [-0.3, -0.25) is 5.10 Å². The third kappa shape index (κ3) is 3.68. The standard InChI is InChI=1S/C22H18N6S/c1-14-13-19(28-27-14)25-21-20-18(11-12-29-20)24-22(26-21)23-17-9-7-16(8-10-17)15-5-3-2-4-6-15/h2-13H,1H3,(H3,23,24,25,26,27,28). The number of aromatic nitrogens is 4. The van der Waals surface area contributed by atoms with Crippen LogP contribution in [-0.2, 0) is 0 Å². The number of H-pyrrole nitrogens is 1. The minimum Gasteiger partial charge on any atom is -0.324 e. The fraction of sp³-hybridized carbons (Fsp3) is 0.0455. The van der Waals surface area contributed by atoms with Crippen LogP contribution in [0, 0.1) is 6.92 Å². The number of benzene rings is 2. The number of anilines is 4. The van der Waals surface area contributed by atoms with Crippen molar-refractivity contribution in [1.29, 1.82) is 0 Å². The molecule has 0 aliphatic carbocycles. The highest BCUT2D eigenvalue weighted by Gasteiger charge is 2.11.